The van der Waals surface area contributed by atoms with Gasteiger partial charge in [0, 0.05) is 17.6 Å². The smallest absolute Gasteiger partial charge is 0.0208 e. The summed E-state index contributed by atoms with van der Waals surface area (Å²) in [5, 5.41) is 3.51. The molecule has 1 nitrogen and oxygen atoms in total. The lowest BCUT2D eigenvalue weighted by atomic mass is 10.1. The van der Waals surface area contributed by atoms with Gasteiger partial charge in [-0.05, 0) is 53.6 Å². The predicted octanol–water partition coefficient (Wildman–Crippen LogP) is 4.23. The number of rotatable bonds is 4. The quantitative estimate of drug-likeness (QED) is 0.890. The van der Waals surface area contributed by atoms with Crippen molar-refractivity contribution in [3.63, 3.8) is 0 Å². The molecular formula is C17H18BrN. The number of halogens is 1. The third-order valence-electron chi connectivity index (χ3n) is 3.73. The molecule has 0 aliphatic heterocycles. The molecule has 2 aromatic rings. The minimum Gasteiger partial charge on any atom is -0.309 e. The Hall–Kier alpha value is -1.12. The summed E-state index contributed by atoms with van der Waals surface area (Å²) in [6.07, 6.45) is 3.85. The van der Waals surface area contributed by atoms with E-state index in [1.165, 1.54) is 30.4 Å². The van der Waals surface area contributed by atoms with Crippen LogP contribution in [0.3, 0.4) is 0 Å². The van der Waals surface area contributed by atoms with Gasteiger partial charge < -0.3 is 5.32 Å². The van der Waals surface area contributed by atoms with Crippen LogP contribution in [0.5, 0.6) is 0 Å². The molecule has 1 aliphatic carbocycles. The van der Waals surface area contributed by atoms with Gasteiger partial charge in [0.2, 0.25) is 0 Å². The van der Waals surface area contributed by atoms with E-state index in [4.69, 9.17) is 0 Å². The Morgan fingerprint density at radius 1 is 0.842 bits per heavy atom. The Morgan fingerprint density at radius 2 is 1.53 bits per heavy atom. The number of benzene rings is 2. The molecule has 0 radical (unpaired) electrons. The van der Waals surface area contributed by atoms with Crippen LogP contribution in [-0.4, -0.2) is 0 Å². The summed E-state index contributed by atoms with van der Waals surface area (Å²) in [7, 11) is 0. The van der Waals surface area contributed by atoms with Gasteiger partial charge in [0.1, 0.15) is 0 Å². The molecule has 0 saturated heterocycles. The minimum absolute atomic E-state index is 0.921. The third kappa shape index (κ3) is 3.26. The SMILES string of the molecule is Brc1ccc(CNCc2ccc3c(c2)CCC3)cc1. The van der Waals surface area contributed by atoms with Gasteiger partial charge in [-0.1, -0.05) is 46.3 Å². The van der Waals surface area contributed by atoms with Crippen molar-refractivity contribution >= 4 is 15.9 Å². The zero-order valence-corrected chi connectivity index (χ0v) is 12.5. The van der Waals surface area contributed by atoms with Gasteiger partial charge >= 0.3 is 0 Å². The van der Waals surface area contributed by atoms with Gasteiger partial charge in [0.15, 0.2) is 0 Å². The molecule has 0 saturated carbocycles. The molecule has 0 aromatic heterocycles. The molecule has 1 N–H and O–H groups in total. The van der Waals surface area contributed by atoms with Crippen LogP contribution in [0.25, 0.3) is 0 Å². The van der Waals surface area contributed by atoms with Crippen LogP contribution in [0.15, 0.2) is 46.9 Å². The lowest BCUT2D eigenvalue weighted by Crippen LogP contribution is -2.12. The maximum Gasteiger partial charge on any atom is 0.0208 e. The van der Waals surface area contributed by atoms with Crippen LogP contribution in [0.2, 0.25) is 0 Å². The first kappa shape index (κ1) is 12.9. The number of fused-ring (bicyclic) bond motifs is 1. The van der Waals surface area contributed by atoms with E-state index < -0.39 is 0 Å². The van der Waals surface area contributed by atoms with Crippen LogP contribution < -0.4 is 5.32 Å². The highest BCUT2D eigenvalue weighted by Gasteiger charge is 2.10. The van der Waals surface area contributed by atoms with Crippen molar-refractivity contribution < 1.29 is 0 Å². The van der Waals surface area contributed by atoms with Gasteiger partial charge in [-0.15, -0.1) is 0 Å². The summed E-state index contributed by atoms with van der Waals surface area (Å²) in [6.45, 7) is 1.87. The zero-order chi connectivity index (χ0) is 13.1. The van der Waals surface area contributed by atoms with E-state index in [9.17, 15) is 0 Å². The Labute approximate surface area is 123 Å². The molecule has 2 heteroatoms. The van der Waals surface area contributed by atoms with Gasteiger partial charge in [-0.2, -0.15) is 0 Å². The summed E-state index contributed by atoms with van der Waals surface area (Å²) < 4.78 is 1.13. The van der Waals surface area contributed by atoms with E-state index >= 15 is 0 Å². The Kier molecular flexibility index (Phi) is 4.00. The van der Waals surface area contributed by atoms with E-state index in [-0.39, 0.29) is 0 Å². The van der Waals surface area contributed by atoms with Crippen molar-refractivity contribution in [3.05, 3.63) is 69.2 Å². The van der Waals surface area contributed by atoms with Crippen molar-refractivity contribution in [2.24, 2.45) is 0 Å². The van der Waals surface area contributed by atoms with E-state index in [1.54, 1.807) is 11.1 Å². The van der Waals surface area contributed by atoms with Crippen LogP contribution in [0.1, 0.15) is 28.7 Å². The first-order chi connectivity index (χ1) is 9.31. The second kappa shape index (κ2) is 5.89. The zero-order valence-electron chi connectivity index (χ0n) is 11.0. The third-order valence-corrected chi connectivity index (χ3v) is 4.26. The van der Waals surface area contributed by atoms with E-state index in [2.05, 4.69) is 63.7 Å². The second-order valence-corrected chi connectivity index (χ2v) is 6.10. The van der Waals surface area contributed by atoms with Crippen LogP contribution in [-0.2, 0) is 25.9 Å². The fraction of sp³-hybridized carbons (Fsp3) is 0.294. The summed E-state index contributed by atoms with van der Waals surface area (Å²) in [5.74, 6) is 0. The Bertz CT molecular complexity index is 560. The van der Waals surface area contributed by atoms with Crippen molar-refractivity contribution in [3.8, 4) is 0 Å². The van der Waals surface area contributed by atoms with Gasteiger partial charge in [0.25, 0.3) is 0 Å². The summed E-state index contributed by atoms with van der Waals surface area (Å²) in [6, 6.07) is 15.4. The van der Waals surface area contributed by atoms with Gasteiger partial charge in [0.05, 0.1) is 0 Å². The van der Waals surface area contributed by atoms with E-state index in [1.807, 2.05) is 0 Å². The maximum absolute atomic E-state index is 3.51. The fourth-order valence-electron chi connectivity index (χ4n) is 2.69. The van der Waals surface area contributed by atoms with E-state index in [0.717, 1.165) is 17.6 Å². The summed E-state index contributed by atoms with van der Waals surface area (Å²) in [4.78, 5) is 0. The predicted molar refractivity (Wildman–Crippen MR) is 83.2 cm³/mol. The molecule has 0 bridgehead atoms. The van der Waals surface area contributed by atoms with Gasteiger partial charge in [-0.25, -0.2) is 0 Å². The molecule has 0 unspecified atom stereocenters. The standard InChI is InChI=1S/C17H18BrN/c18-17-8-5-13(6-9-17)11-19-12-14-4-7-15-2-1-3-16(15)10-14/h4-10,19H,1-3,11-12H2. The molecular weight excluding hydrogens is 298 g/mol. The minimum atomic E-state index is 0.921. The molecule has 0 heterocycles. The Balaban J connectivity index is 1.56. The van der Waals surface area contributed by atoms with Gasteiger partial charge in [-0.3, -0.25) is 0 Å². The Morgan fingerprint density at radius 3 is 2.37 bits per heavy atom. The maximum atomic E-state index is 3.51. The molecule has 0 fully saturated rings. The lowest BCUT2D eigenvalue weighted by Gasteiger charge is -2.07. The number of hydrogen-bond donors (Lipinski definition) is 1. The largest absolute Gasteiger partial charge is 0.309 e. The summed E-state index contributed by atoms with van der Waals surface area (Å²) >= 11 is 3.46. The van der Waals surface area contributed by atoms with Crippen LogP contribution in [0.4, 0.5) is 0 Å². The monoisotopic (exact) mass is 315 g/mol. The average molecular weight is 316 g/mol. The first-order valence-electron chi connectivity index (χ1n) is 6.87. The molecule has 0 spiro atoms. The highest BCUT2D eigenvalue weighted by Crippen LogP contribution is 2.22. The molecule has 1 aliphatic rings. The molecule has 2 aromatic carbocycles. The second-order valence-electron chi connectivity index (χ2n) is 5.19. The van der Waals surface area contributed by atoms with Crippen molar-refractivity contribution in [2.45, 2.75) is 32.4 Å². The van der Waals surface area contributed by atoms with Crippen molar-refractivity contribution in [1.82, 2.24) is 5.32 Å². The van der Waals surface area contributed by atoms with E-state index in [0.29, 0.717) is 0 Å². The first-order valence-corrected chi connectivity index (χ1v) is 7.66. The fourth-order valence-corrected chi connectivity index (χ4v) is 2.95. The van der Waals surface area contributed by atoms with Crippen LogP contribution in [0, 0.1) is 0 Å². The molecule has 3 rings (SSSR count). The highest BCUT2D eigenvalue weighted by molar-refractivity contribution is 9.10. The normalized spacial score (nSPS) is 13.5. The lowest BCUT2D eigenvalue weighted by molar-refractivity contribution is 0.693. The molecule has 0 atom stereocenters. The highest BCUT2D eigenvalue weighted by atomic mass is 79.9. The molecule has 98 valence electrons. The van der Waals surface area contributed by atoms with Crippen LogP contribution >= 0.6 is 15.9 Å². The number of aryl methyl sites for hydroxylation is 2. The average Bonchev–Trinajstić information content (AvgIpc) is 2.88. The van der Waals surface area contributed by atoms with Crippen molar-refractivity contribution in [2.75, 3.05) is 0 Å². The molecule has 0 amide bonds. The number of hydrogen-bond acceptors (Lipinski definition) is 1. The van der Waals surface area contributed by atoms with Crippen molar-refractivity contribution in [1.29, 1.82) is 0 Å². The summed E-state index contributed by atoms with van der Waals surface area (Å²) in [5.41, 5.74) is 5.83. The molecule has 19 heavy (non-hydrogen) atoms. The topological polar surface area (TPSA) is 12.0 Å². The number of nitrogens with one attached hydrogen (secondary N) is 1.